The number of carbonyl (C=O) groups excluding carboxylic acids is 3. The van der Waals surface area contributed by atoms with E-state index in [1.165, 1.54) is 0 Å². The highest BCUT2D eigenvalue weighted by atomic mass is 16.3. The van der Waals surface area contributed by atoms with E-state index < -0.39 is 23.4 Å². The number of hydrogen-bond donors (Lipinski definition) is 3. The fraction of sp³-hybridized carbons (Fsp3) is 0.769. The summed E-state index contributed by atoms with van der Waals surface area (Å²) in [6, 6.07) is -0.541. The zero-order chi connectivity index (χ0) is 14.8. The van der Waals surface area contributed by atoms with Gasteiger partial charge in [0.15, 0.2) is 0 Å². The lowest BCUT2D eigenvalue weighted by Crippen LogP contribution is -2.55. The summed E-state index contributed by atoms with van der Waals surface area (Å²) in [6.07, 6.45) is 3.33. The number of urea groups is 1. The molecule has 1 aliphatic carbocycles. The second kappa shape index (κ2) is 5.78. The second-order valence-corrected chi connectivity index (χ2v) is 5.81. The van der Waals surface area contributed by atoms with Gasteiger partial charge >= 0.3 is 6.03 Å². The van der Waals surface area contributed by atoms with E-state index in [2.05, 4.69) is 17.6 Å². The quantitative estimate of drug-likeness (QED) is 0.611. The summed E-state index contributed by atoms with van der Waals surface area (Å²) >= 11 is 0. The largest absolute Gasteiger partial charge is 0.394 e. The maximum absolute atomic E-state index is 12.0. The number of imide groups is 1. The van der Waals surface area contributed by atoms with Crippen molar-refractivity contribution >= 4 is 17.8 Å². The third-order valence-corrected chi connectivity index (χ3v) is 4.18. The lowest BCUT2D eigenvalue weighted by molar-refractivity contribution is -0.132. The first-order valence-corrected chi connectivity index (χ1v) is 6.96. The molecule has 20 heavy (non-hydrogen) atoms. The van der Waals surface area contributed by atoms with Crippen molar-refractivity contribution in [3.8, 4) is 0 Å². The Kier molecular flexibility index (Phi) is 4.27. The number of rotatable bonds is 4. The van der Waals surface area contributed by atoms with Gasteiger partial charge in [0.25, 0.3) is 5.91 Å². The number of amides is 4. The Labute approximate surface area is 117 Å². The topological polar surface area (TPSA) is 98.7 Å². The van der Waals surface area contributed by atoms with Gasteiger partial charge in [0.2, 0.25) is 5.91 Å². The molecule has 2 rings (SSSR count). The van der Waals surface area contributed by atoms with E-state index in [0.29, 0.717) is 5.92 Å². The molecule has 0 spiro atoms. The van der Waals surface area contributed by atoms with Crippen molar-refractivity contribution in [1.29, 1.82) is 0 Å². The molecule has 1 saturated heterocycles. The van der Waals surface area contributed by atoms with Crippen LogP contribution in [0.4, 0.5) is 4.79 Å². The summed E-state index contributed by atoms with van der Waals surface area (Å²) in [6.45, 7) is 1.68. The summed E-state index contributed by atoms with van der Waals surface area (Å²) in [4.78, 5) is 35.7. The Balaban J connectivity index is 1.92. The van der Waals surface area contributed by atoms with Crippen molar-refractivity contribution in [3.05, 3.63) is 0 Å². The van der Waals surface area contributed by atoms with Gasteiger partial charge in [-0.25, -0.2) is 4.79 Å². The molecule has 0 unspecified atom stereocenters. The summed E-state index contributed by atoms with van der Waals surface area (Å²) in [7, 11) is 0. The van der Waals surface area contributed by atoms with Crippen LogP contribution in [-0.4, -0.2) is 53.1 Å². The van der Waals surface area contributed by atoms with Gasteiger partial charge in [-0.15, -0.1) is 0 Å². The van der Waals surface area contributed by atoms with Gasteiger partial charge in [-0.2, -0.15) is 0 Å². The average molecular weight is 283 g/mol. The predicted molar refractivity (Wildman–Crippen MR) is 70.7 cm³/mol. The molecule has 0 aromatic rings. The highest BCUT2D eigenvalue weighted by Crippen LogP contribution is 2.31. The molecular formula is C13H21N3O4. The number of carbonyl (C=O) groups is 3. The SMILES string of the molecule is CC1CCC(CO)(NC(=O)CN2C(=O)CNC2=O)CC1. The van der Waals surface area contributed by atoms with Crippen LogP contribution in [0, 0.1) is 5.92 Å². The second-order valence-electron chi connectivity index (χ2n) is 5.81. The Morgan fingerprint density at radius 1 is 1.45 bits per heavy atom. The molecule has 2 fully saturated rings. The van der Waals surface area contributed by atoms with E-state index in [1.807, 2.05) is 0 Å². The summed E-state index contributed by atoms with van der Waals surface area (Å²) in [5, 5.41) is 14.7. The Morgan fingerprint density at radius 2 is 2.10 bits per heavy atom. The maximum atomic E-state index is 12.0. The fourth-order valence-corrected chi connectivity index (χ4v) is 2.73. The van der Waals surface area contributed by atoms with Gasteiger partial charge < -0.3 is 15.7 Å². The van der Waals surface area contributed by atoms with E-state index >= 15 is 0 Å². The smallest absolute Gasteiger partial charge is 0.325 e. The van der Waals surface area contributed by atoms with Crippen molar-refractivity contribution in [2.45, 2.75) is 38.1 Å². The van der Waals surface area contributed by atoms with Crippen LogP contribution in [-0.2, 0) is 9.59 Å². The predicted octanol–water partition coefficient (Wildman–Crippen LogP) is -0.404. The zero-order valence-electron chi connectivity index (χ0n) is 11.6. The number of aliphatic hydroxyl groups is 1. The van der Waals surface area contributed by atoms with Crippen LogP contribution in [0.2, 0.25) is 0 Å². The minimum Gasteiger partial charge on any atom is -0.394 e. The lowest BCUT2D eigenvalue weighted by atomic mass is 9.77. The van der Waals surface area contributed by atoms with E-state index in [9.17, 15) is 19.5 Å². The van der Waals surface area contributed by atoms with Crippen molar-refractivity contribution in [1.82, 2.24) is 15.5 Å². The highest BCUT2D eigenvalue weighted by Gasteiger charge is 2.37. The monoisotopic (exact) mass is 283 g/mol. The van der Waals surface area contributed by atoms with Crippen LogP contribution in [0.5, 0.6) is 0 Å². The van der Waals surface area contributed by atoms with Crippen molar-refractivity contribution in [2.75, 3.05) is 19.7 Å². The molecule has 112 valence electrons. The Bertz CT molecular complexity index is 400. The van der Waals surface area contributed by atoms with E-state index in [-0.39, 0.29) is 19.7 Å². The van der Waals surface area contributed by atoms with Crippen LogP contribution in [0.25, 0.3) is 0 Å². The molecule has 0 bridgehead atoms. The van der Waals surface area contributed by atoms with Crippen molar-refractivity contribution in [3.63, 3.8) is 0 Å². The number of nitrogens with zero attached hydrogens (tertiary/aromatic N) is 1. The van der Waals surface area contributed by atoms with E-state index in [4.69, 9.17) is 0 Å². The summed E-state index contributed by atoms with van der Waals surface area (Å²) in [5.41, 5.74) is -0.608. The molecule has 3 N–H and O–H groups in total. The number of aliphatic hydroxyl groups excluding tert-OH is 1. The normalized spacial score (nSPS) is 30.3. The molecule has 1 heterocycles. The first-order valence-electron chi connectivity index (χ1n) is 6.96. The summed E-state index contributed by atoms with van der Waals surface area (Å²) in [5.74, 6) is -0.211. The van der Waals surface area contributed by atoms with Gasteiger partial charge in [-0.05, 0) is 31.6 Å². The molecule has 0 atom stereocenters. The van der Waals surface area contributed by atoms with Gasteiger partial charge in [-0.3, -0.25) is 14.5 Å². The molecule has 7 nitrogen and oxygen atoms in total. The zero-order valence-corrected chi connectivity index (χ0v) is 11.6. The van der Waals surface area contributed by atoms with E-state index in [0.717, 1.165) is 30.6 Å². The molecule has 4 amide bonds. The van der Waals surface area contributed by atoms with E-state index in [1.54, 1.807) is 0 Å². The number of nitrogens with one attached hydrogen (secondary N) is 2. The molecule has 0 aromatic heterocycles. The summed E-state index contributed by atoms with van der Waals surface area (Å²) < 4.78 is 0. The lowest BCUT2D eigenvalue weighted by Gasteiger charge is -2.39. The number of hydrogen-bond acceptors (Lipinski definition) is 4. The third kappa shape index (κ3) is 3.09. The molecule has 7 heteroatoms. The average Bonchev–Trinajstić information content (AvgIpc) is 2.73. The van der Waals surface area contributed by atoms with Crippen LogP contribution in [0.15, 0.2) is 0 Å². The van der Waals surface area contributed by atoms with Crippen LogP contribution < -0.4 is 10.6 Å². The molecule has 2 aliphatic rings. The van der Waals surface area contributed by atoms with Crippen molar-refractivity contribution in [2.24, 2.45) is 5.92 Å². The highest BCUT2D eigenvalue weighted by molar-refractivity contribution is 6.04. The third-order valence-electron chi connectivity index (χ3n) is 4.18. The molecule has 1 saturated carbocycles. The standard InChI is InChI=1S/C13H21N3O4/c1-9-2-4-13(8-17,5-3-9)15-10(18)7-16-11(19)6-14-12(16)20/h9,17H,2-8H2,1H3,(H,14,20)(H,15,18). The van der Waals surface area contributed by atoms with Gasteiger partial charge in [0.05, 0.1) is 18.7 Å². The van der Waals surface area contributed by atoms with Gasteiger partial charge in [-0.1, -0.05) is 6.92 Å². The molecular weight excluding hydrogens is 262 g/mol. The minimum absolute atomic E-state index is 0.0607. The molecule has 1 aliphatic heterocycles. The first-order chi connectivity index (χ1) is 9.46. The van der Waals surface area contributed by atoms with Gasteiger partial charge in [0.1, 0.15) is 6.54 Å². The Morgan fingerprint density at radius 3 is 2.60 bits per heavy atom. The minimum atomic E-state index is -0.608. The Hall–Kier alpha value is -1.63. The van der Waals surface area contributed by atoms with Crippen molar-refractivity contribution < 1.29 is 19.5 Å². The maximum Gasteiger partial charge on any atom is 0.325 e. The first kappa shape index (κ1) is 14.8. The molecule has 0 radical (unpaired) electrons. The van der Waals surface area contributed by atoms with Crippen LogP contribution in [0.1, 0.15) is 32.6 Å². The van der Waals surface area contributed by atoms with Crippen LogP contribution in [0.3, 0.4) is 0 Å². The van der Waals surface area contributed by atoms with Crippen LogP contribution >= 0.6 is 0 Å². The van der Waals surface area contributed by atoms with Gasteiger partial charge in [0, 0.05) is 0 Å². The fourth-order valence-electron chi connectivity index (χ4n) is 2.73. The molecule has 0 aromatic carbocycles.